The first-order valence-electron chi connectivity index (χ1n) is 9.21. The number of carbonyl (C=O) groups excluding carboxylic acids is 2. The number of hydrogen-bond acceptors (Lipinski definition) is 5. The van der Waals surface area contributed by atoms with Crippen molar-refractivity contribution in [3.63, 3.8) is 0 Å². The van der Waals surface area contributed by atoms with Gasteiger partial charge in [-0.15, -0.1) is 0 Å². The van der Waals surface area contributed by atoms with Gasteiger partial charge in [0.25, 0.3) is 5.91 Å². The highest BCUT2D eigenvalue weighted by molar-refractivity contribution is 6.30. The fraction of sp³-hybridized carbons (Fsp3) is 0.474. The van der Waals surface area contributed by atoms with Gasteiger partial charge in [-0.2, -0.15) is 8.78 Å². The number of benzene rings is 1. The van der Waals surface area contributed by atoms with E-state index in [1.807, 2.05) is 0 Å². The van der Waals surface area contributed by atoms with E-state index in [4.69, 9.17) is 21.1 Å². The second-order valence-corrected chi connectivity index (χ2v) is 7.31. The Morgan fingerprint density at radius 2 is 1.90 bits per heavy atom. The lowest BCUT2D eigenvalue weighted by Crippen LogP contribution is -2.45. The van der Waals surface area contributed by atoms with E-state index in [-0.39, 0.29) is 42.0 Å². The number of hydrogen-bond donors (Lipinski definition) is 2. The highest BCUT2D eigenvalue weighted by atomic mass is 35.5. The summed E-state index contributed by atoms with van der Waals surface area (Å²) in [5.74, 6) is -1.22. The van der Waals surface area contributed by atoms with Crippen molar-refractivity contribution in [3.8, 4) is 5.75 Å². The highest BCUT2D eigenvalue weighted by Gasteiger charge is 2.33. The largest absolute Gasteiger partial charge is 0.484 e. The summed E-state index contributed by atoms with van der Waals surface area (Å²) in [6.07, 6.45) is 1.97. The number of carbonyl (C=O) groups is 2. The second-order valence-electron chi connectivity index (χ2n) is 6.91. The SMILES string of the molecule is O=C(CO[C@H]1C[C@@H](OC(F)F)C1)NC1=CC(NC(=O)COc2ccc(Cl)c(F)c2)C1. The standard InChI is InChI=1S/C19H20ClF3N2O5/c20-15-2-1-12(7-16(15)21)28-8-17(26)24-10-3-11(4-10)25-18(27)9-29-13-5-14(6-13)30-19(22)23/h1-3,7,10,13-14,19H,4-6,8-9H2,(H,24,26)(H,25,27)/t10?,13-,14+. The zero-order chi connectivity index (χ0) is 21.7. The van der Waals surface area contributed by atoms with Crippen molar-refractivity contribution >= 4 is 23.4 Å². The number of halogens is 4. The average Bonchev–Trinajstić information content (AvgIpc) is 2.62. The molecule has 0 bridgehead atoms. The van der Waals surface area contributed by atoms with Crippen molar-refractivity contribution in [1.29, 1.82) is 0 Å². The fourth-order valence-electron chi connectivity index (χ4n) is 2.91. The molecule has 1 saturated carbocycles. The van der Waals surface area contributed by atoms with Crippen LogP contribution in [0.1, 0.15) is 19.3 Å². The van der Waals surface area contributed by atoms with Gasteiger partial charge in [-0.25, -0.2) is 4.39 Å². The Morgan fingerprint density at radius 3 is 2.57 bits per heavy atom. The molecule has 0 aromatic heterocycles. The lowest BCUT2D eigenvalue weighted by molar-refractivity contribution is -0.207. The average molecular weight is 449 g/mol. The van der Waals surface area contributed by atoms with Gasteiger partial charge in [0.1, 0.15) is 18.2 Å². The minimum Gasteiger partial charge on any atom is -0.484 e. The Bertz CT molecular complexity index is 817. The van der Waals surface area contributed by atoms with Crippen LogP contribution in [0.3, 0.4) is 0 Å². The molecule has 7 nitrogen and oxygen atoms in total. The van der Waals surface area contributed by atoms with Crippen LogP contribution in [0, 0.1) is 5.82 Å². The molecule has 0 radical (unpaired) electrons. The predicted molar refractivity (Wildman–Crippen MR) is 99.5 cm³/mol. The summed E-state index contributed by atoms with van der Waals surface area (Å²) in [4.78, 5) is 23.7. The maximum absolute atomic E-state index is 13.3. The van der Waals surface area contributed by atoms with Gasteiger partial charge in [0.2, 0.25) is 5.91 Å². The van der Waals surface area contributed by atoms with E-state index in [1.54, 1.807) is 6.08 Å². The van der Waals surface area contributed by atoms with Gasteiger partial charge in [0, 0.05) is 31.0 Å². The Balaban J connectivity index is 1.27. The van der Waals surface area contributed by atoms with E-state index in [0.29, 0.717) is 25.0 Å². The molecule has 0 spiro atoms. The molecule has 1 atom stereocenters. The summed E-state index contributed by atoms with van der Waals surface area (Å²) in [6.45, 7) is -3.28. The first kappa shape index (κ1) is 22.4. The van der Waals surface area contributed by atoms with Crippen LogP contribution in [0.2, 0.25) is 5.02 Å². The van der Waals surface area contributed by atoms with E-state index in [1.165, 1.54) is 12.1 Å². The number of amides is 2. The molecule has 0 saturated heterocycles. The minimum atomic E-state index is -2.80. The van der Waals surface area contributed by atoms with E-state index in [9.17, 15) is 22.8 Å². The van der Waals surface area contributed by atoms with Crippen molar-refractivity contribution < 1.29 is 37.0 Å². The van der Waals surface area contributed by atoms with Gasteiger partial charge in [0.05, 0.1) is 23.3 Å². The van der Waals surface area contributed by atoms with Crippen LogP contribution in [0.25, 0.3) is 0 Å². The summed E-state index contributed by atoms with van der Waals surface area (Å²) < 4.78 is 52.2. The zero-order valence-corrected chi connectivity index (χ0v) is 16.5. The van der Waals surface area contributed by atoms with Crippen molar-refractivity contribution in [2.45, 2.75) is 44.1 Å². The molecule has 1 unspecified atom stereocenters. The van der Waals surface area contributed by atoms with Crippen LogP contribution in [-0.4, -0.2) is 49.9 Å². The highest BCUT2D eigenvalue weighted by Crippen LogP contribution is 2.28. The molecule has 2 N–H and O–H groups in total. The first-order chi connectivity index (χ1) is 14.3. The van der Waals surface area contributed by atoms with Crippen molar-refractivity contribution in [2.75, 3.05) is 13.2 Å². The lowest BCUT2D eigenvalue weighted by Gasteiger charge is -2.34. The minimum absolute atomic E-state index is 0.0379. The maximum Gasteiger partial charge on any atom is 0.345 e. The monoisotopic (exact) mass is 448 g/mol. The maximum atomic E-state index is 13.3. The van der Waals surface area contributed by atoms with Gasteiger partial charge in [0.15, 0.2) is 6.61 Å². The van der Waals surface area contributed by atoms with Crippen LogP contribution in [-0.2, 0) is 19.1 Å². The molecule has 2 aliphatic rings. The number of alkyl halides is 2. The van der Waals surface area contributed by atoms with Crippen LogP contribution in [0.5, 0.6) is 5.75 Å². The molecular weight excluding hydrogens is 429 g/mol. The van der Waals surface area contributed by atoms with Gasteiger partial charge < -0.3 is 24.8 Å². The third kappa shape index (κ3) is 6.61. The Kier molecular flexibility index (Phi) is 7.57. The quantitative estimate of drug-likeness (QED) is 0.574. The summed E-state index contributed by atoms with van der Waals surface area (Å²) in [5, 5.41) is 5.29. The molecule has 0 aliphatic heterocycles. The van der Waals surface area contributed by atoms with Crippen LogP contribution < -0.4 is 15.4 Å². The molecule has 11 heteroatoms. The van der Waals surface area contributed by atoms with Gasteiger partial charge in [-0.3, -0.25) is 9.59 Å². The van der Waals surface area contributed by atoms with Crippen molar-refractivity contribution in [3.05, 3.63) is 40.8 Å². The predicted octanol–water partition coefficient (Wildman–Crippen LogP) is 2.53. The lowest BCUT2D eigenvalue weighted by atomic mass is 9.92. The van der Waals surface area contributed by atoms with Gasteiger partial charge in [-0.1, -0.05) is 11.6 Å². The fourth-order valence-corrected chi connectivity index (χ4v) is 3.03. The van der Waals surface area contributed by atoms with E-state index in [0.717, 1.165) is 6.07 Å². The molecule has 0 heterocycles. The molecule has 2 amide bonds. The Labute approximate surface area is 175 Å². The van der Waals surface area contributed by atoms with E-state index >= 15 is 0 Å². The molecular formula is C19H20ClF3N2O5. The summed E-state index contributed by atoms with van der Waals surface area (Å²) in [6, 6.07) is 3.62. The molecule has 1 aromatic rings. The molecule has 3 rings (SSSR count). The number of nitrogens with one attached hydrogen (secondary N) is 2. The normalized spacial score (nSPS) is 22.6. The van der Waals surface area contributed by atoms with Crippen molar-refractivity contribution in [2.24, 2.45) is 0 Å². The zero-order valence-electron chi connectivity index (χ0n) is 15.7. The molecule has 2 aliphatic carbocycles. The molecule has 30 heavy (non-hydrogen) atoms. The third-order valence-electron chi connectivity index (χ3n) is 4.55. The summed E-state index contributed by atoms with van der Waals surface area (Å²) in [5.41, 5.74) is 0.641. The first-order valence-corrected chi connectivity index (χ1v) is 9.59. The van der Waals surface area contributed by atoms with E-state index < -0.39 is 24.4 Å². The van der Waals surface area contributed by atoms with Crippen LogP contribution >= 0.6 is 11.6 Å². The Morgan fingerprint density at radius 1 is 1.17 bits per heavy atom. The second kappa shape index (κ2) is 10.1. The summed E-state index contributed by atoms with van der Waals surface area (Å²) >= 11 is 5.57. The number of rotatable bonds is 10. The van der Waals surface area contributed by atoms with Gasteiger partial charge >= 0.3 is 6.61 Å². The van der Waals surface area contributed by atoms with Crippen molar-refractivity contribution in [1.82, 2.24) is 10.6 Å². The summed E-state index contributed by atoms with van der Waals surface area (Å²) in [7, 11) is 0. The van der Waals surface area contributed by atoms with Gasteiger partial charge in [-0.05, 0) is 18.2 Å². The third-order valence-corrected chi connectivity index (χ3v) is 4.85. The molecule has 1 aromatic carbocycles. The topological polar surface area (TPSA) is 85.9 Å². The van der Waals surface area contributed by atoms with E-state index in [2.05, 4.69) is 15.4 Å². The number of ether oxygens (including phenoxy) is 3. The molecule has 1 fully saturated rings. The van der Waals surface area contributed by atoms with Crippen LogP contribution in [0.4, 0.5) is 13.2 Å². The molecule has 164 valence electrons. The smallest absolute Gasteiger partial charge is 0.345 e. The Hall–Kier alpha value is -2.30. The van der Waals surface area contributed by atoms with Crippen LogP contribution in [0.15, 0.2) is 30.0 Å².